The average molecular weight is 247 g/mol. The van der Waals surface area contributed by atoms with Crippen molar-refractivity contribution in [1.82, 2.24) is 4.90 Å². The van der Waals surface area contributed by atoms with Crippen molar-refractivity contribution in [1.29, 1.82) is 0 Å². The number of fused-ring (bicyclic) bond motifs is 2. The van der Waals surface area contributed by atoms with Crippen LogP contribution in [0.5, 0.6) is 5.75 Å². The number of carbonyl (C=O) groups is 1. The summed E-state index contributed by atoms with van der Waals surface area (Å²) in [5, 5.41) is 0. The molecule has 96 valence electrons. The van der Waals surface area contributed by atoms with Crippen molar-refractivity contribution >= 4 is 5.91 Å². The van der Waals surface area contributed by atoms with Gasteiger partial charge >= 0.3 is 0 Å². The van der Waals surface area contributed by atoms with E-state index in [4.69, 9.17) is 9.47 Å². The Labute approximate surface area is 106 Å². The number of carbonyl (C=O) groups excluding carboxylic acids is 1. The Balaban J connectivity index is 1.73. The van der Waals surface area contributed by atoms with E-state index in [-0.39, 0.29) is 17.9 Å². The van der Waals surface area contributed by atoms with Crippen LogP contribution in [0.15, 0.2) is 24.3 Å². The fourth-order valence-corrected chi connectivity index (χ4v) is 2.75. The minimum atomic E-state index is 0.0852. The highest BCUT2D eigenvalue weighted by molar-refractivity contribution is 5.82. The molecule has 2 bridgehead atoms. The third-order valence-corrected chi connectivity index (χ3v) is 3.77. The molecule has 2 saturated heterocycles. The van der Waals surface area contributed by atoms with Gasteiger partial charge in [0.15, 0.2) is 0 Å². The third-order valence-electron chi connectivity index (χ3n) is 3.77. The lowest BCUT2D eigenvalue weighted by Crippen LogP contribution is -2.34. The molecule has 18 heavy (non-hydrogen) atoms. The van der Waals surface area contributed by atoms with Crippen molar-refractivity contribution in [3.63, 3.8) is 0 Å². The summed E-state index contributed by atoms with van der Waals surface area (Å²) in [5.41, 5.74) is 1.14. The predicted molar refractivity (Wildman–Crippen MR) is 66.3 cm³/mol. The maximum atomic E-state index is 12.1. The molecule has 2 fully saturated rings. The van der Waals surface area contributed by atoms with Crippen LogP contribution >= 0.6 is 0 Å². The zero-order chi connectivity index (χ0) is 12.5. The lowest BCUT2D eigenvalue weighted by molar-refractivity contribution is -0.131. The number of rotatable bonds is 3. The Morgan fingerprint density at radius 2 is 2.11 bits per heavy atom. The summed E-state index contributed by atoms with van der Waals surface area (Å²) < 4.78 is 10.6. The van der Waals surface area contributed by atoms with E-state index in [0.717, 1.165) is 17.7 Å². The molecule has 4 heteroatoms. The van der Waals surface area contributed by atoms with E-state index >= 15 is 0 Å². The minimum Gasteiger partial charge on any atom is -0.497 e. The first-order valence-corrected chi connectivity index (χ1v) is 6.29. The molecule has 2 heterocycles. The van der Waals surface area contributed by atoms with Gasteiger partial charge in [-0.3, -0.25) is 4.79 Å². The molecule has 2 aliphatic heterocycles. The number of likely N-dealkylation sites (tertiary alicyclic amines) is 1. The molecule has 0 aromatic heterocycles. The van der Waals surface area contributed by atoms with Crippen LogP contribution in [-0.2, 0) is 16.1 Å². The van der Waals surface area contributed by atoms with Gasteiger partial charge in [-0.1, -0.05) is 12.1 Å². The first kappa shape index (κ1) is 11.5. The van der Waals surface area contributed by atoms with Crippen molar-refractivity contribution < 1.29 is 14.3 Å². The standard InChI is InChI=1S/C14H17NO3/c1-17-13-4-2-10(3-5-13)7-15-12-6-11(14(15)16)8-18-9-12/h2-5,11-12H,6-9H2,1H3/t11-,12+/m0/s1. The third kappa shape index (κ3) is 1.97. The van der Waals surface area contributed by atoms with Crippen LogP contribution in [0.1, 0.15) is 12.0 Å². The van der Waals surface area contributed by atoms with Gasteiger partial charge in [-0.2, -0.15) is 0 Å². The van der Waals surface area contributed by atoms with E-state index in [9.17, 15) is 4.79 Å². The highest BCUT2D eigenvalue weighted by Gasteiger charge is 2.42. The average Bonchev–Trinajstić information content (AvgIpc) is 2.63. The van der Waals surface area contributed by atoms with E-state index < -0.39 is 0 Å². The van der Waals surface area contributed by atoms with E-state index in [1.807, 2.05) is 29.2 Å². The summed E-state index contributed by atoms with van der Waals surface area (Å²) in [4.78, 5) is 14.1. The Morgan fingerprint density at radius 1 is 1.33 bits per heavy atom. The highest BCUT2D eigenvalue weighted by atomic mass is 16.5. The SMILES string of the molecule is COc1ccc(CN2C(=O)[C@@H]3COC[C@H]2C3)cc1. The number of ether oxygens (including phenoxy) is 2. The van der Waals surface area contributed by atoms with Crippen LogP contribution in [0.25, 0.3) is 0 Å². The molecule has 0 N–H and O–H groups in total. The van der Waals surface area contributed by atoms with Crippen molar-refractivity contribution in [3.05, 3.63) is 29.8 Å². The van der Waals surface area contributed by atoms with E-state index in [2.05, 4.69) is 0 Å². The Bertz CT molecular complexity index is 443. The second-order valence-corrected chi connectivity index (χ2v) is 4.94. The van der Waals surface area contributed by atoms with Crippen LogP contribution in [0.3, 0.4) is 0 Å². The summed E-state index contributed by atoms with van der Waals surface area (Å²) in [6.45, 7) is 1.94. The molecule has 4 nitrogen and oxygen atoms in total. The van der Waals surface area contributed by atoms with Gasteiger partial charge in [0.1, 0.15) is 5.75 Å². The van der Waals surface area contributed by atoms with Gasteiger partial charge in [0.2, 0.25) is 5.91 Å². The molecule has 0 unspecified atom stereocenters. The summed E-state index contributed by atoms with van der Waals surface area (Å²) >= 11 is 0. The molecule has 0 radical (unpaired) electrons. The topological polar surface area (TPSA) is 38.8 Å². The maximum Gasteiger partial charge on any atom is 0.228 e. The molecule has 3 rings (SSSR count). The minimum absolute atomic E-state index is 0.0852. The highest BCUT2D eigenvalue weighted by Crippen LogP contribution is 2.30. The summed E-state index contributed by atoms with van der Waals surface area (Å²) in [5.74, 6) is 1.17. The molecule has 2 aliphatic rings. The van der Waals surface area contributed by atoms with Gasteiger partial charge < -0.3 is 14.4 Å². The summed E-state index contributed by atoms with van der Waals surface area (Å²) in [7, 11) is 1.65. The van der Waals surface area contributed by atoms with Gasteiger partial charge in [0, 0.05) is 6.54 Å². The molecule has 2 atom stereocenters. The predicted octanol–water partition coefficient (Wildman–Crippen LogP) is 1.44. The fraction of sp³-hybridized carbons (Fsp3) is 0.500. The molecule has 1 aromatic carbocycles. The van der Waals surface area contributed by atoms with E-state index in [0.29, 0.717) is 19.8 Å². The molecule has 1 aromatic rings. The second-order valence-electron chi connectivity index (χ2n) is 4.94. The first-order valence-electron chi connectivity index (χ1n) is 6.29. The number of nitrogens with zero attached hydrogens (tertiary/aromatic N) is 1. The molecular weight excluding hydrogens is 230 g/mol. The van der Waals surface area contributed by atoms with E-state index in [1.54, 1.807) is 7.11 Å². The smallest absolute Gasteiger partial charge is 0.228 e. The Kier molecular flexibility index (Phi) is 2.96. The molecule has 0 spiro atoms. The molecule has 1 amide bonds. The van der Waals surface area contributed by atoms with Crippen LogP contribution in [-0.4, -0.2) is 37.2 Å². The van der Waals surface area contributed by atoms with Crippen molar-refractivity contribution in [2.45, 2.75) is 19.0 Å². The number of benzene rings is 1. The Morgan fingerprint density at radius 3 is 2.78 bits per heavy atom. The molecule has 0 aliphatic carbocycles. The molecule has 0 saturated carbocycles. The van der Waals surface area contributed by atoms with Crippen LogP contribution < -0.4 is 4.74 Å². The van der Waals surface area contributed by atoms with Gasteiger partial charge in [0.25, 0.3) is 0 Å². The van der Waals surface area contributed by atoms with Gasteiger partial charge in [-0.15, -0.1) is 0 Å². The van der Waals surface area contributed by atoms with Gasteiger partial charge in [-0.25, -0.2) is 0 Å². The number of methoxy groups -OCH3 is 1. The van der Waals surface area contributed by atoms with Crippen LogP contribution in [0.4, 0.5) is 0 Å². The summed E-state index contributed by atoms with van der Waals surface area (Å²) in [6.07, 6.45) is 0.953. The lowest BCUT2D eigenvalue weighted by Gasteiger charge is -2.24. The zero-order valence-electron chi connectivity index (χ0n) is 10.5. The van der Waals surface area contributed by atoms with Crippen molar-refractivity contribution in [2.24, 2.45) is 5.92 Å². The van der Waals surface area contributed by atoms with Gasteiger partial charge in [0.05, 0.1) is 32.3 Å². The number of amides is 1. The van der Waals surface area contributed by atoms with Gasteiger partial charge in [-0.05, 0) is 24.1 Å². The quantitative estimate of drug-likeness (QED) is 0.811. The summed E-state index contributed by atoms with van der Waals surface area (Å²) in [6, 6.07) is 8.14. The Hall–Kier alpha value is -1.55. The number of hydrogen-bond acceptors (Lipinski definition) is 3. The van der Waals surface area contributed by atoms with E-state index in [1.165, 1.54) is 0 Å². The largest absolute Gasteiger partial charge is 0.497 e. The van der Waals surface area contributed by atoms with Crippen LogP contribution in [0.2, 0.25) is 0 Å². The monoisotopic (exact) mass is 247 g/mol. The second kappa shape index (κ2) is 4.61. The number of hydrogen-bond donors (Lipinski definition) is 0. The molecular formula is C14H17NO3. The normalized spacial score (nSPS) is 26.5. The first-order chi connectivity index (χ1) is 8.78. The fourth-order valence-electron chi connectivity index (χ4n) is 2.75. The van der Waals surface area contributed by atoms with Crippen molar-refractivity contribution in [3.8, 4) is 5.75 Å². The van der Waals surface area contributed by atoms with Crippen LogP contribution in [0, 0.1) is 5.92 Å². The zero-order valence-corrected chi connectivity index (χ0v) is 10.5. The lowest BCUT2D eigenvalue weighted by atomic mass is 10.0. The maximum absolute atomic E-state index is 12.1. The van der Waals surface area contributed by atoms with Crippen molar-refractivity contribution in [2.75, 3.05) is 20.3 Å².